The van der Waals surface area contributed by atoms with E-state index in [4.69, 9.17) is 9.84 Å². The van der Waals surface area contributed by atoms with Crippen molar-refractivity contribution < 1.29 is 23.1 Å². The van der Waals surface area contributed by atoms with Crippen LogP contribution >= 0.6 is 0 Å². The number of carboxylic acids is 1. The number of aliphatic carboxylic acids is 1. The van der Waals surface area contributed by atoms with E-state index in [2.05, 4.69) is 9.82 Å². The lowest BCUT2D eigenvalue weighted by molar-refractivity contribution is -0.139. The van der Waals surface area contributed by atoms with E-state index >= 15 is 0 Å². The molecule has 1 heterocycles. The average Bonchev–Trinajstić information content (AvgIpc) is 2.62. The first-order valence-electron chi connectivity index (χ1n) is 6.45. The average molecular weight is 319 g/mol. The molecule has 21 heavy (non-hydrogen) atoms. The number of rotatable bonds is 8. The quantitative estimate of drug-likeness (QED) is 0.662. The van der Waals surface area contributed by atoms with Crippen LogP contribution in [0.5, 0.6) is 0 Å². The van der Waals surface area contributed by atoms with E-state index in [1.54, 1.807) is 20.9 Å². The summed E-state index contributed by atoms with van der Waals surface area (Å²) in [7, 11) is -0.801. The summed E-state index contributed by atoms with van der Waals surface area (Å²) >= 11 is 0. The molecule has 120 valence electrons. The number of nitrogens with zero attached hydrogens (tertiary/aromatic N) is 2. The van der Waals surface area contributed by atoms with Crippen molar-refractivity contribution in [2.24, 2.45) is 7.05 Å². The third-order valence-corrected chi connectivity index (χ3v) is 4.87. The summed E-state index contributed by atoms with van der Waals surface area (Å²) in [6.45, 7) is 3.56. The Morgan fingerprint density at radius 1 is 1.48 bits per heavy atom. The third-order valence-electron chi connectivity index (χ3n) is 3.15. The number of carbonyl (C=O) groups is 1. The minimum absolute atomic E-state index is 0.0305. The number of hydrogen-bond acceptors (Lipinski definition) is 5. The zero-order valence-electron chi connectivity index (χ0n) is 12.6. The van der Waals surface area contributed by atoms with Gasteiger partial charge in [0, 0.05) is 20.8 Å². The maximum atomic E-state index is 12.4. The van der Waals surface area contributed by atoms with Crippen molar-refractivity contribution in [3.8, 4) is 0 Å². The van der Waals surface area contributed by atoms with E-state index in [9.17, 15) is 13.2 Å². The highest BCUT2D eigenvalue weighted by Gasteiger charge is 2.29. The maximum absolute atomic E-state index is 12.4. The zero-order valence-corrected chi connectivity index (χ0v) is 13.4. The van der Waals surface area contributed by atoms with Crippen LogP contribution in [-0.2, 0) is 26.6 Å². The first-order chi connectivity index (χ1) is 9.70. The molecule has 0 spiro atoms. The molecular formula is C12H21N3O5S. The van der Waals surface area contributed by atoms with Crippen molar-refractivity contribution in [1.29, 1.82) is 0 Å². The van der Waals surface area contributed by atoms with Crippen molar-refractivity contribution in [3.05, 3.63) is 11.4 Å². The molecule has 1 rings (SSSR count). The number of sulfonamides is 1. The van der Waals surface area contributed by atoms with E-state index in [0.29, 0.717) is 24.4 Å². The molecule has 0 fully saturated rings. The fraction of sp³-hybridized carbons (Fsp3) is 0.667. The molecular weight excluding hydrogens is 298 g/mol. The lowest BCUT2D eigenvalue weighted by Gasteiger charge is -2.14. The highest BCUT2D eigenvalue weighted by atomic mass is 32.2. The smallest absolute Gasteiger partial charge is 0.321 e. The van der Waals surface area contributed by atoms with Gasteiger partial charge < -0.3 is 9.84 Å². The Labute approximate surface area is 124 Å². The highest BCUT2D eigenvalue weighted by Crippen LogP contribution is 2.19. The van der Waals surface area contributed by atoms with Crippen LogP contribution in [0.25, 0.3) is 0 Å². The Morgan fingerprint density at radius 3 is 2.52 bits per heavy atom. The second kappa shape index (κ2) is 7.01. The largest absolute Gasteiger partial charge is 0.480 e. The Morgan fingerprint density at radius 2 is 2.10 bits per heavy atom. The van der Waals surface area contributed by atoms with E-state index < -0.39 is 22.0 Å². The fourth-order valence-corrected chi connectivity index (χ4v) is 3.72. The lowest BCUT2D eigenvalue weighted by atomic mass is 10.2. The number of hydrogen-bond donors (Lipinski definition) is 2. The topological polar surface area (TPSA) is 111 Å². The van der Waals surface area contributed by atoms with Gasteiger partial charge in [0.2, 0.25) is 10.0 Å². The highest BCUT2D eigenvalue weighted by molar-refractivity contribution is 7.89. The molecule has 8 nitrogen and oxygen atoms in total. The summed E-state index contributed by atoms with van der Waals surface area (Å²) in [5.74, 6) is -1.21. The Hall–Kier alpha value is -1.45. The van der Waals surface area contributed by atoms with E-state index in [0.717, 1.165) is 0 Å². The number of aryl methyl sites for hydroxylation is 2. The Kier molecular flexibility index (Phi) is 5.87. The molecule has 1 atom stereocenters. The van der Waals surface area contributed by atoms with Gasteiger partial charge in [0.15, 0.2) is 0 Å². The van der Waals surface area contributed by atoms with Crippen LogP contribution in [0.2, 0.25) is 0 Å². The molecule has 0 saturated carbocycles. The van der Waals surface area contributed by atoms with Gasteiger partial charge in [0.1, 0.15) is 10.9 Å². The molecule has 1 aromatic rings. The van der Waals surface area contributed by atoms with Crippen molar-refractivity contribution in [2.45, 2.75) is 37.6 Å². The maximum Gasteiger partial charge on any atom is 0.321 e. The van der Waals surface area contributed by atoms with Gasteiger partial charge >= 0.3 is 5.97 Å². The SMILES string of the molecule is COCCCC(NS(=O)(=O)c1c(C)nn(C)c1C)C(=O)O. The Balaban J connectivity index is 2.98. The number of aromatic nitrogens is 2. The molecule has 2 N–H and O–H groups in total. The number of nitrogens with one attached hydrogen (secondary N) is 1. The summed E-state index contributed by atoms with van der Waals surface area (Å²) in [5.41, 5.74) is 0.796. The summed E-state index contributed by atoms with van der Waals surface area (Å²) in [6, 6.07) is -1.19. The predicted molar refractivity (Wildman–Crippen MR) is 75.5 cm³/mol. The van der Waals surface area contributed by atoms with Gasteiger partial charge in [0.25, 0.3) is 0 Å². The zero-order chi connectivity index (χ0) is 16.2. The number of ether oxygens (including phenoxy) is 1. The molecule has 0 amide bonds. The monoisotopic (exact) mass is 319 g/mol. The summed E-state index contributed by atoms with van der Waals surface area (Å²) in [4.78, 5) is 11.2. The van der Waals surface area contributed by atoms with Crippen LogP contribution in [0, 0.1) is 13.8 Å². The van der Waals surface area contributed by atoms with Crippen molar-refractivity contribution in [1.82, 2.24) is 14.5 Å². The van der Waals surface area contributed by atoms with E-state index in [1.807, 2.05) is 0 Å². The number of methoxy groups -OCH3 is 1. The summed E-state index contributed by atoms with van der Waals surface area (Å²) in [6.07, 6.45) is 0.599. The summed E-state index contributed by atoms with van der Waals surface area (Å²) < 4.78 is 33.3. The first-order valence-corrected chi connectivity index (χ1v) is 7.93. The van der Waals surface area contributed by atoms with Gasteiger partial charge in [-0.25, -0.2) is 8.42 Å². The molecule has 0 aliphatic rings. The van der Waals surface area contributed by atoms with Crippen LogP contribution in [0.15, 0.2) is 4.90 Å². The fourth-order valence-electron chi connectivity index (χ4n) is 2.05. The summed E-state index contributed by atoms with van der Waals surface area (Å²) in [5, 5.41) is 13.2. The lowest BCUT2D eigenvalue weighted by Crippen LogP contribution is -2.41. The van der Waals surface area contributed by atoms with Gasteiger partial charge in [-0.05, 0) is 26.7 Å². The molecule has 0 bridgehead atoms. The molecule has 1 aromatic heterocycles. The van der Waals surface area contributed by atoms with Crippen LogP contribution < -0.4 is 4.72 Å². The molecule has 0 radical (unpaired) electrons. The van der Waals surface area contributed by atoms with Crippen molar-refractivity contribution in [2.75, 3.05) is 13.7 Å². The molecule has 9 heteroatoms. The van der Waals surface area contributed by atoms with Gasteiger partial charge in [-0.3, -0.25) is 9.48 Å². The normalized spacial score (nSPS) is 13.3. The van der Waals surface area contributed by atoms with Gasteiger partial charge in [-0.1, -0.05) is 0 Å². The standard InChI is InChI=1S/C12H21N3O5S/c1-8-11(9(2)15(3)13-8)21(18,19)14-10(12(16)17)6-5-7-20-4/h10,14H,5-7H2,1-4H3,(H,16,17). The predicted octanol–water partition coefficient (Wildman–Crippen LogP) is 0.195. The minimum Gasteiger partial charge on any atom is -0.480 e. The molecule has 1 unspecified atom stereocenters. The Bertz CT molecular complexity index is 609. The van der Waals surface area contributed by atoms with Gasteiger partial charge in [-0.15, -0.1) is 0 Å². The van der Waals surface area contributed by atoms with E-state index in [-0.39, 0.29) is 11.3 Å². The van der Waals surface area contributed by atoms with E-state index in [1.165, 1.54) is 11.8 Å². The van der Waals surface area contributed by atoms with Crippen LogP contribution in [0.4, 0.5) is 0 Å². The minimum atomic E-state index is -3.94. The molecule has 0 aliphatic carbocycles. The van der Waals surface area contributed by atoms with Gasteiger partial charge in [0.05, 0.1) is 11.4 Å². The third kappa shape index (κ3) is 4.26. The first kappa shape index (κ1) is 17.6. The molecule has 0 aromatic carbocycles. The second-order valence-electron chi connectivity index (χ2n) is 4.77. The van der Waals surface area contributed by atoms with Gasteiger partial charge in [-0.2, -0.15) is 9.82 Å². The van der Waals surface area contributed by atoms with Crippen LogP contribution in [-0.4, -0.2) is 49.0 Å². The molecule has 0 aliphatic heterocycles. The van der Waals surface area contributed by atoms with Crippen LogP contribution in [0.3, 0.4) is 0 Å². The van der Waals surface area contributed by atoms with Crippen LogP contribution in [0.1, 0.15) is 24.2 Å². The van der Waals surface area contributed by atoms with Crippen molar-refractivity contribution >= 4 is 16.0 Å². The number of carboxylic acid groups (broad SMARTS) is 1. The molecule has 0 saturated heterocycles. The van der Waals surface area contributed by atoms with Crippen molar-refractivity contribution in [3.63, 3.8) is 0 Å². The second-order valence-corrected chi connectivity index (χ2v) is 6.42.